The van der Waals surface area contributed by atoms with Crippen LogP contribution in [0.5, 0.6) is 0 Å². The van der Waals surface area contributed by atoms with E-state index in [1.54, 1.807) is 25.1 Å². The van der Waals surface area contributed by atoms with Crippen LogP contribution in [0, 0.1) is 18.7 Å². The van der Waals surface area contributed by atoms with Crippen LogP contribution in [0.25, 0.3) is 16.5 Å². The van der Waals surface area contributed by atoms with Crippen LogP contribution in [0.3, 0.4) is 0 Å². The van der Waals surface area contributed by atoms with E-state index in [1.165, 1.54) is 16.7 Å². The Morgan fingerprint density at radius 2 is 1.62 bits per heavy atom. The number of aromatic nitrogens is 1. The standard InChI is InChI=1S/C27H23FN2O2/c1-17-23(26(31)29-25(19-15-16-19)18-9-4-2-5-10-18)21-13-8-14-22(28)24(21)27(32)30(17)20-11-6-3-7-12-20/h2-14,19,25H,15-16H2,1H3,(H,29,31)/t25-/m1/s1. The monoisotopic (exact) mass is 426 g/mol. The lowest BCUT2D eigenvalue weighted by Crippen LogP contribution is -2.33. The van der Waals surface area contributed by atoms with Gasteiger partial charge in [-0.2, -0.15) is 0 Å². The highest BCUT2D eigenvalue weighted by molar-refractivity contribution is 6.08. The van der Waals surface area contributed by atoms with Gasteiger partial charge >= 0.3 is 0 Å². The molecule has 1 aromatic heterocycles. The molecule has 1 heterocycles. The van der Waals surface area contributed by atoms with E-state index in [-0.39, 0.29) is 17.3 Å². The molecular formula is C27H23FN2O2. The number of amides is 1. The number of nitrogens with zero attached hydrogens (tertiary/aromatic N) is 1. The Morgan fingerprint density at radius 3 is 2.28 bits per heavy atom. The molecule has 1 amide bonds. The van der Waals surface area contributed by atoms with Crippen molar-refractivity contribution in [3.63, 3.8) is 0 Å². The number of halogens is 1. The summed E-state index contributed by atoms with van der Waals surface area (Å²) >= 11 is 0. The van der Waals surface area contributed by atoms with Crippen LogP contribution in [-0.2, 0) is 0 Å². The van der Waals surface area contributed by atoms with Gasteiger partial charge in [-0.15, -0.1) is 0 Å². The van der Waals surface area contributed by atoms with Crippen molar-refractivity contribution < 1.29 is 9.18 Å². The molecule has 1 fully saturated rings. The van der Waals surface area contributed by atoms with Gasteiger partial charge < -0.3 is 5.32 Å². The van der Waals surface area contributed by atoms with Crippen molar-refractivity contribution in [3.8, 4) is 5.69 Å². The molecule has 1 saturated carbocycles. The summed E-state index contributed by atoms with van der Waals surface area (Å²) in [6.07, 6.45) is 2.11. The van der Waals surface area contributed by atoms with Gasteiger partial charge in [0.25, 0.3) is 11.5 Å². The molecule has 5 rings (SSSR count). The smallest absolute Gasteiger partial charge is 0.266 e. The number of fused-ring (bicyclic) bond motifs is 1. The summed E-state index contributed by atoms with van der Waals surface area (Å²) in [5.41, 5.74) is 1.98. The average Bonchev–Trinajstić information content (AvgIpc) is 3.64. The van der Waals surface area contributed by atoms with Crippen LogP contribution in [0.15, 0.2) is 83.7 Å². The summed E-state index contributed by atoms with van der Waals surface area (Å²) < 4.78 is 16.3. The first kappa shape index (κ1) is 20.2. The Morgan fingerprint density at radius 1 is 0.969 bits per heavy atom. The fraction of sp³-hybridized carbons (Fsp3) is 0.185. The maximum absolute atomic E-state index is 14.8. The fourth-order valence-corrected chi connectivity index (χ4v) is 4.47. The first-order valence-corrected chi connectivity index (χ1v) is 10.8. The Bertz CT molecular complexity index is 1360. The number of carbonyl (C=O) groups is 1. The van der Waals surface area contributed by atoms with Gasteiger partial charge in [-0.3, -0.25) is 14.2 Å². The van der Waals surface area contributed by atoms with Gasteiger partial charge in [0.1, 0.15) is 5.82 Å². The number of hydrogen-bond donors (Lipinski definition) is 1. The van der Waals surface area contributed by atoms with Crippen LogP contribution >= 0.6 is 0 Å². The van der Waals surface area contributed by atoms with E-state index in [0.29, 0.717) is 28.2 Å². The van der Waals surface area contributed by atoms with Crippen LogP contribution in [-0.4, -0.2) is 10.5 Å². The summed E-state index contributed by atoms with van der Waals surface area (Å²) in [5.74, 6) is -0.554. The van der Waals surface area contributed by atoms with Crippen molar-refractivity contribution in [1.82, 2.24) is 9.88 Å². The molecule has 0 bridgehead atoms. The van der Waals surface area contributed by atoms with Gasteiger partial charge in [-0.1, -0.05) is 60.7 Å². The Hall–Kier alpha value is -3.73. The van der Waals surface area contributed by atoms with Gasteiger partial charge in [0.05, 0.1) is 17.0 Å². The zero-order valence-corrected chi connectivity index (χ0v) is 17.7. The van der Waals surface area contributed by atoms with Crippen LogP contribution < -0.4 is 10.9 Å². The molecule has 160 valence electrons. The van der Waals surface area contributed by atoms with E-state index in [2.05, 4.69) is 5.32 Å². The minimum atomic E-state index is -0.631. The summed E-state index contributed by atoms with van der Waals surface area (Å²) in [6.45, 7) is 1.74. The Labute approximate surface area is 185 Å². The molecule has 0 unspecified atom stereocenters. The quantitative estimate of drug-likeness (QED) is 0.470. The Balaban J connectivity index is 1.69. The number of carbonyl (C=O) groups excluding carboxylic acids is 1. The minimum absolute atomic E-state index is 0.0743. The van der Waals surface area contributed by atoms with Gasteiger partial charge in [0, 0.05) is 16.8 Å². The summed E-state index contributed by atoms with van der Waals surface area (Å²) in [4.78, 5) is 27.0. The van der Waals surface area contributed by atoms with E-state index in [4.69, 9.17) is 0 Å². The number of nitrogens with one attached hydrogen (secondary N) is 1. The number of rotatable bonds is 5. The van der Waals surface area contributed by atoms with Crippen molar-refractivity contribution in [1.29, 1.82) is 0 Å². The molecule has 1 N–H and O–H groups in total. The zero-order chi connectivity index (χ0) is 22.2. The maximum Gasteiger partial charge on any atom is 0.266 e. The third kappa shape index (κ3) is 3.50. The summed E-state index contributed by atoms with van der Waals surface area (Å²) in [6, 6.07) is 23.2. The average molecular weight is 426 g/mol. The SMILES string of the molecule is Cc1c(C(=O)N[C@H](c2ccccc2)C2CC2)c2cccc(F)c2c(=O)n1-c1ccccc1. The zero-order valence-electron chi connectivity index (χ0n) is 17.7. The minimum Gasteiger partial charge on any atom is -0.345 e. The molecule has 0 spiro atoms. The predicted molar refractivity (Wildman–Crippen MR) is 124 cm³/mol. The summed E-state index contributed by atoms with van der Waals surface area (Å²) in [5, 5.41) is 3.44. The van der Waals surface area contributed by atoms with E-state index in [9.17, 15) is 14.0 Å². The predicted octanol–water partition coefficient (Wildman–Crippen LogP) is 5.32. The lowest BCUT2D eigenvalue weighted by Gasteiger charge is -2.22. The molecule has 5 heteroatoms. The van der Waals surface area contributed by atoms with E-state index in [0.717, 1.165) is 18.4 Å². The van der Waals surface area contributed by atoms with Gasteiger partial charge in [-0.05, 0) is 49.4 Å². The number of benzene rings is 3. The first-order chi connectivity index (χ1) is 15.6. The Kier molecular flexibility index (Phi) is 5.10. The first-order valence-electron chi connectivity index (χ1n) is 10.8. The van der Waals surface area contributed by atoms with Crippen molar-refractivity contribution in [3.05, 3.63) is 112 Å². The molecule has 1 aliphatic rings. The van der Waals surface area contributed by atoms with Crippen molar-refractivity contribution in [2.45, 2.75) is 25.8 Å². The van der Waals surface area contributed by atoms with Crippen LogP contribution in [0.4, 0.5) is 4.39 Å². The molecule has 0 radical (unpaired) electrons. The molecule has 0 saturated heterocycles. The third-order valence-corrected chi connectivity index (χ3v) is 6.18. The topological polar surface area (TPSA) is 51.1 Å². The number of pyridine rings is 1. The lowest BCUT2D eigenvalue weighted by atomic mass is 9.99. The number of para-hydroxylation sites is 1. The highest BCUT2D eigenvalue weighted by Crippen LogP contribution is 2.41. The summed E-state index contributed by atoms with van der Waals surface area (Å²) in [7, 11) is 0. The van der Waals surface area contributed by atoms with E-state index < -0.39 is 11.4 Å². The second-order valence-electron chi connectivity index (χ2n) is 8.30. The van der Waals surface area contributed by atoms with E-state index >= 15 is 0 Å². The van der Waals surface area contributed by atoms with E-state index in [1.807, 2.05) is 48.5 Å². The lowest BCUT2D eigenvalue weighted by molar-refractivity contribution is 0.0932. The van der Waals surface area contributed by atoms with Crippen LogP contribution in [0.2, 0.25) is 0 Å². The normalized spacial score (nSPS) is 14.3. The van der Waals surface area contributed by atoms with Crippen molar-refractivity contribution in [2.75, 3.05) is 0 Å². The van der Waals surface area contributed by atoms with Gasteiger partial charge in [0.15, 0.2) is 0 Å². The molecule has 32 heavy (non-hydrogen) atoms. The molecule has 0 aliphatic heterocycles. The third-order valence-electron chi connectivity index (χ3n) is 6.18. The largest absolute Gasteiger partial charge is 0.345 e. The molecule has 1 atom stereocenters. The fourth-order valence-electron chi connectivity index (χ4n) is 4.47. The molecule has 1 aliphatic carbocycles. The van der Waals surface area contributed by atoms with Crippen molar-refractivity contribution >= 4 is 16.7 Å². The molecule has 4 aromatic rings. The van der Waals surface area contributed by atoms with Gasteiger partial charge in [0.2, 0.25) is 0 Å². The van der Waals surface area contributed by atoms with Crippen LogP contribution in [0.1, 0.15) is 40.5 Å². The number of hydrogen-bond acceptors (Lipinski definition) is 2. The maximum atomic E-state index is 14.8. The van der Waals surface area contributed by atoms with Gasteiger partial charge in [-0.25, -0.2) is 4.39 Å². The highest BCUT2D eigenvalue weighted by Gasteiger charge is 2.34. The molecule has 4 nitrogen and oxygen atoms in total. The van der Waals surface area contributed by atoms with Crippen molar-refractivity contribution in [2.24, 2.45) is 5.92 Å². The second kappa shape index (κ2) is 8.08. The molecular weight excluding hydrogens is 403 g/mol. The molecule has 3 aromatic carbocycles. The second-order valence-corrected chi connectivity index (χ2v) is 8.30. The highest BCUT2D eigenvalue weighted by atomic mass is 19.1.